The summed E-state index contributed by atoms with van der Waals surface area (Å²) in [6, 6.07) is 9.24. The molecule has 0 saturated heterocycles. The van der Waals surface area contributed by atoms with Crippen molar-refractivity contribution >= 4 is 21.7 Å². The van der Waals surface area contributed by atoms with E-state index in [1.165, 1.54) is 54.9 Å². The van der Waals surface area contributed by atoms with Gasteiger partial charge in [0.1, 0.15) is 0 Å². The van der Waals surface area contributed by atoms with Gasteiger partial charge in [-0.25, -0.2) is 17.6 Å². The molecule has 0 heterocycles. The zero-order valence-corrected chi connectivity index (χ0v) is 17.9. The van der Waals surface area contributed by atoms with Gasteiger partial charge in [-0.05, 0) is 62.7 Å². The third kappa shape index (κ3) is 5.45. The van der Waals surface area contributed by atoms with Gasteiger partial charge in [-0.2, -0.15) is 4.31 Å². The van der Waals surface area contributed by atoms with Crippen LogP contribution in [-0.4, -0.2) is 39.0 Å². The fraction of sp³-hybridized carbons (Fsp3) is 0.350. The zero-order chi connectivity index (χ0) is 21.8. The van der Waals surface area contributed by atoms with E-state index >= 15 is 0 Å². The topological polar surface area (TPSA) is 87.7 Å². The lowest BCUT2D eigenvalue weighted by Gasteiger charge is -2.21. The lowest BCUT2D eigenvalue weighted by molar-refractivity contribution is 0.249. The minimum atomic E-state index is -3.59. The number of carbonyl (C=O) groups excluding carboxylic acids is 1. The molecule has 2 rings (SSSR count). The number of anilines is 1. The van der Waals surface area contributed by atoms with E-state index in [1.54, 1.807) is 26.8 Å². The number of ether oxygens (including phenoxy) is 1. The van der Waals surface area contributed by atoms with Gasteiger partial charge in [-0.15, -0.1) is 0 Å². The first-order valence-corrected chi connectivity index (χ1v) is 10.5. The van der Waals surface area contributed by atoms with Crippen molar-refractivity contribution in [3.63, 3.8) is 0 Å². The second-order valence-electron chi connectivity index (χ2n) is 6.85. The van der Waals surface area contributed by atoms with E-state index in [4.69, 9.17) is 4.74 Å². The Morgan fingerprint density at radius 1 is 1.10 bits per heavy atom. The molecule has 0 bridgehead atoms. The van der Waals surface area contributed by atoms with Crippen LogP contribution >= 0.6 is 0 Å². The summed E-state index contributed by atoms with van der Waals surface area (Å²) in [7, 11) is -0.693. The minimum Gasteiger partial charge on any atom is -0.494 e. The molecule has 2 aromatic rings. The molecule has 0 aromatic heterocycles. The Hall–Kier alpha value is -2.65. The summed E-state index contributed by atoms with van der Waals surface area (Å²) in [6.07, 6.45) is 0. The summed E-state index contributed by atoms with van der Waals surface area (Å²) >= 11 is 0. The molecule has 0 aliphatic heterocycles. The molecular formula is C20H26FN3O4S. The molecule has 7 nitrogen and oxygen atoms in total. The summed E-state index contributed by atoms with van der Waals surface area (Å²) in [5.41, 5.74) is 1.01. The first-order chi connectivity index (χ1) is 13.6. The van der Waals surface area contributed by atoms with Crippen molar-refractivity contribution in [1.82, 2.24) is 9.62 Å². The van der Waals surface area contributed by atoms with Crippen LogP contribution in [0.5, 0.6) is 5.75 Å². The fourth-order valence-electron chi connectivity index (χ4n) is 2.55. The number of nitrogens with one attached hydrogen (secondary N) is 2. The zero-order valence-electron chi connectivity index (χ0n) is 17.1. The summed E-state index contributed by atoms with van der Waals surface area (Å²) in [4.78, 5) is 12.4. The molecule has 1 unspecified atom stereocenters. The molecule has 2 aromatic carbocycles. The van der Waals surface area contributed by atoms with Crippen LogP contribution in [0.2, 0.25) is 0 Å². The highest BCUT2D eigenvalue weighted by atomic mass is 32.2. The number of hydrogen-bond donors (Lipinski definition) is 2. The Labute approximate surface area is 170 Å². The largest absolute Gasteiger partial charge is 0.494 e. The summed E-state index contributed by atoms with van der Waals surface area (Å²) in [5, 5.41) is 5.34. The predicted octanol–water partition coefficient (Wildman–Crippen LogP) is 3.75. The number of nitrogens with zero attached hydrogens (tertiary/aromatic N) is 1. The molecule has 0 spiro atoms. The summed E-state index contributed by atoms with van der Waals surface area (Å²) in [6.45, 7) is 5.29. The number of carbonyl (C=O) groups is 1. The van der Waals surface area contributed by atoms with Crippen LogP contribution in [-0.2, 0) is 10.0 Å². The maximum absolute atomic E-state index is 13.8. The lowest BCUT2D eigenvalue weighted by Crippen LogP contribution is -2.33. The highest BCUT2D eigenvalue weighted by molar-refractivity contribution is 7.89. The Kier molecular flexibility index (Phi) is 7.21. The van der Waals surface area contributed by atoms with Crippen molar-refractivity contribution < 1.29 is 22.3 Å². The van der Waals surface area contributed by atoms with E-state index in [0.29, 0.717) is 11.3 Å². The third-order valence-electron chi connectivity index (χ3n) is 4.54. The molecule has 0 aliphatic rings. The van der Waals surface area contributed by atoms with Crippen molar-refractivity contribution in [2.24, 2.45) is 0 Å². The molecule has 0 aliphatic carbocycles. The molecule has 2 amide bonds. The normalized spacial score (nSPS) is 12.7. The highest BCUT2D eigenvalue weighted by Crippen LogP contribution is 2.22. The summed E-state index contributed by atoms with van der Waals surface area (Å²) in [5.74, 6) is -0.384. The van der Waals surface area contributed by atoms with Crippen molar-refractivity contribution in [3.05, 3.63) is 53.8 Å². The minimum absolute atomic E-state index is 0.128. The Morgan fingerprint density at radius 2 is 1.72 bits per heavy atom. The maximum Gasteiger partial charge on any atom is 0.319 e. The van der Waals surface area contributed by atoms with Gasteiger partial charge in [-0.1, -0.05) is 6.07 Å². The van der Waals surface area contributed by atoms with Gasteiger partial charge >= 0.3 is 6.03 Å². The van der Waals surface area contributed by atoms with Crippen molar-refractivity contribution in [1.29, 1.82) is 0 Å². The van der Waals surface area contributed by atoms with E-state index in [0.717, 1.165) is 0 Å². The van der Waals surface area contributed by atoms with Crippen LogP contribution in [0.25, 0.3) is 0 Å². The number of methoxy groups -OCH3 is 1. The van der Waals surface area contributed by atoms with Crippen LogP contribution in [0.4, 0.5) is 14.9 Å². The van der Waals surface area contributed by atoms with Crippen LogP contribution in [0, 0.1) is 5.82 Å². The lowest BCUT2D eigenvalue weighted by atomic mass is 10.1. The van der Waals surface area contributed by atoms with E-state index in [1.807, 2.05) is 0 Å². The van der Waals surface area contributed by atoms with Gasteiger partial charge in [0.15, 0.2) is 11.6 Å². The van der Waals surface area contributed by atoms with Crippen molar-refractivity contribution in [2.45, 2.75) is 37.8 Å². The second kappa shape index (κ2) is 9.23. The molecule has 1 atom stereocenters. The molecule has 158 valence electrons. The number of urea groups is 1. The second-order valence-corrected chi connectivity index (χ2v) is 8.85. The van der Waals surface area contributed by atoms with Gasteiger partial charge in [0.25, 0.3) is 0 Å². The van der Waals surface area contributed by atoms with E-state index < -0.39 is 27.9 Å². The maximum atomic E-state index is 13.8. The van der Waals surface area contributed by atoms with Crippen LogP contribution in [0.1, 0.15) is 32.4 Å². The third-order valence-corrected chi connectivity index (χ3v) is 6.59. The van der Waals surface area contributed by atoms with Gasteiger partial charge < -0.3 is 15.4 Å². The van der Waals surface area contributed by atoms with Crippen molar-refractivity contribution in [2.75, 3.05) is 19.5 Å². The Morgan fingerprint density at radius 3 is 2.24 bits per heavy atom. The van der Waals surface area contributed by atoms with E-state index in [9.17, 15) is 17.6 Å². The molecule has 2 N–H and O–H groups in total. The number of benzene rings is 2. The molecule has 0 saturated carbocycles. The van der Waals surface area contributed by atoms with E-state index in [-0.39, 0.29) is 16.7 Å². The molecular weight excluding hydrogens is 397 g/mol. The monoisotopic (exact) mass is 423 g/mol. The summed E-state index contributed by atoms with van der Waals surface area (Å²) < 4.78 is 44.9. The molecule has 9 heteroatoms. The predicted molar refractivity (Wildman–Crippen MR) is 110 cm³/mol. The highest BCUT2D eigenvalue weighted by Gasteiger charge is 2.23. The SMILES string of the molecule is COc1ccc(C(C)NC(=O)Nc2ccc(S(=O)(=O)N(C)C(C)C)cc2)cc1F. The van der Waals surface area contributed by atoms with Gasteiger partial charge in [-0.3, -0.25) is 0 Å². The van der Waals surface area contributed by atoms with Crippen LogP contribution in [0.15, 0.2) is 47.4 Å². The number of halogens is 1. The Bertz CT molecular complexity index is 962. The smallest absolute Gasteiger partial charge is 0.319 e. The number of sulfonamides is 1. The average Bonchev–Trinajstić information content (AvgIpc) is 2.67. The van der Waals surface area contributed by atoms with Crippen LogP contribution < -0.4 is 15.4 Å². The van der Waals surface area contributed by atoms with E-state index in [2.05, 4.69) is 10.6 Å². The standard InChI is InChI=1S/C20H26FN3O4S/c1-13(2)24(4)29(26,27)17-9-7-16(8-10-17)23-20(25)22-14(3)15-6-11-19(28-5)18(21)12-15/h6-14H,1-5H3,(H2,22,23,25). The molecule has 0 fully saturated rings. The van der Waals surface area contributed by atoms with Gasteiger partial charge in [0.05, 0.1) is 18.0 Å². The first kappa shape index (κ1) is 22.6. The fourth-order valence-corrected chi connectivity index (χ4v) is 3.92. The average molecular weight is 424 g/mol. The first-order valence-electron chi connectivity index (χ1n) is 9.05. The van der Waals surface area contributed by atoms with Crippen LogP contribution in [0.3, 0.4) is 0 Å². The molecule has 0 radical (unpaired) electrons. The Balaban J connectivity index is 2.03. The van der Waals surface area contributed by atoms with Gasteiger partial charge in [0, 0.05) is 18.8 Å². The molecule has 29 heavy (non-hydrogen) atoms. The number of rotatable bonds is 7. The number of amides is 2. The quantitative estimate of drug-likeness (QED) is 0.710. The van der Waals surface area contributed by atoms with Gasteiger partial charge in [0.2, 0.25) is 10.0 Å². The van der Waals surface area contributed by atoms with Crippen molar-refractivity contribution in [3.8, 4) is 5.75 Å². The number of hydrogen-bond acceptors (Lipinski definition) is 4.